The quantitative estimate of drug-likeness (QED) is 0.399. The Bertz CT molecular complexity index is 1270. The molecule has 0 atom stereocenters. The van der Waals surface area contributed by atoms with Gasteiger partial charge in [0.1, 0.15) is 12.4 Å². The third-order valence-electron chi connectivity index (χ3n) is 6.35. The number of likely N-dealkylation sites (tertiary alicyclic amines) is 1. The molecule has 0 spiro atoms. The van der Waals surface area contributed by atoms with E-state index in [4.69, 9.17) is 4.74 Å². The minimum absolute atomic E-state index is 0.0597. The van der Waals surface area contributed by atoms with Gasteiger partial charge in [-0.15, -0.1) is 0 Å². The molecule has 178 valence electrons. The van der Waals surface area contributed by atoms with Gasteiger partial charge in [-0.1, -0.05) is 18.2 Å². The van der Waals surface area contributed by atoms with Crippen LogP contribution < -0.4 is 10.1 Å². The van der Waals surface area contributed by atoms with Gasteiger partial charge in [-0.3, -0.25) is 24.6 Å². The number of benzene rings is 2. The number of anilines is 1. The number of amides is 1. The van der Waals surface area contributed by atoms with Gasteiger partial charge in [0.05, 0.1) is 16.7 Å². The lowest BCUT2D eigenvalue weighted by Crippen LogP contribution is -2.34. The van der Waals surface area contributed by atoms with E-state index >= 15 is 0 Å². The van der Waals surface area contributed by atoms with Crippen LogP contribution >= 0.6 is 0 Å². The number of carbonyl (C=O) groups excluding carboxylic acids is 1. The van der Waals surface area contributed by atoms with E-state index in [2.05, 4.69) is 37.3 Å². The van der Waals surface area contributed by atoms with Gasteiger partial charge in [0.15, 0.2) is 0 Å². The van der Waals surface area contributed by atoms with Crippen molar-refractivity contribution < 1.29 is 9.53 Å². The van der Waals surface area contributed by atoms with E-state index < -0.39 is 0 Å². The van der Waals surface area contributed by atoms with Crippen LogP contribution in [-0.4, -0.2) is 38.8 Å². The Balaban J connectivity index is 1.07. The van der Waals surface area contributed by atoms with Crippen LogP contribution in [0.1, 0.15) is 30.5 Å². The van der Waals surface area contributed by atoms with E-state index in [0.29, 0.717) is 18.9 Å². The molecule has 1 aliphatic heterocycles. The van der Waals surface area contributed by atoms with E-state index in [0.717, 1.165) is 60.6 Å². The van der Waals surface area contributed by atoms with Gasteiger partial charge in [0, 0.05) is 37.2 Å². The number of ether oxygens (including phenoxy) is 1. The topological polar surface area (TPSA) is 80.2 Å². The molecule has 0 radical (unpaired) electrons. The highest BCUT2D eigenvalue weighted by molar-refractivity contribution is 5.93. The zero-order chi connectivity index (χ0) is 23.9. The number of rotatable bonds is 8. The Morgan fingerprint density at radius 3 is 2.60 bits per heavy atom. The van der Waals surface area contributed by atoms with Crippen molar-refractivity contribution in [2.45, 2.75) is 32.4 Å². The molecular formula is C28H29N5O2. The Kier molecular flexibility index (Phi) is 7.24. The molecule has 1 saturated heterocycles. The molecular weight excluding hydrogens is 438 g/mol. The van der Waals surface area contributed by atoms with Crippen LogP contribution in [-0.2, 0) is 17.9 Å². The van der Waals surface area contributed by atoms with Crippen LogP contribution in [0, 0.1) is 5.92 Å². The second-order valence-corrected chi connectivity index (χ2v) is 8.99. The fourth-order valence-electron chi connectivity index (χ4n) is 4.50. The highest BCUT2D eigenvalue weighted by Gasteiger charge is 2.22. The van der Waals surface area contributed by atoms with E-state index in [-0.39, 0.29) is 5.91 Å². The standard InChI is InChI=1S/C28H29N5O2/c34-28(32-23-7-8-26-27(18-23)31-13-12-30-26)17-21-9-14-33(15-10-21)19-22-4-3-6-25(16-22)35-20-24-5-1-2-11-29-24/h1-8,11-13,16,18,21H,9-10,14-15,17,19-20H2,(H,32,34). The summed E-state index contributed by atoms with van der Waals surface area (Å²) in [5, 5.41) is 3.02. The molecule has 2 aromatic carbocycles. The molecule has 1 fully saturated rings. The normalized spacial score (nSPS) is 14.6. The van der Waals surface area contributed by atoms with Gasteiger partial charge < -0.3 is 10.1 Å². The number of fused-ring (bicyclic) bond motifs is 1. The number of hydrogen-bond donors (Lipinski definition) is 1. The van der Waals surface area contributed by atoms with Crippen LogP contribution in [0.5, 0.6) is 5.75 Å². The number of carbonyl (C=O) groups is 1. The molecule has 1 N–H and O–H groups in total. The van der Waals surface area contributed by atoms with Crippen molar-refractivity contribution in [3.05, 3.63) is 90.5 Å². The van der Waals surface area contributed by atoms with Crippen LogP contribution in [0.3, 0.4) is 0 Å². The Hall–Kier alpha value is -3.84. The average molecular weight is 468 g/mol. The van der Waals surface area contributed by atoms with Crippen molar-refractivity contribution in [2.24, 2.45) is 5.92 Å². The molecule has 0 bridgehead atoms. The maximum atomic E-state index is 12.6. The maximum absolute atomic E-state index is 12.6. The highest BCUT2D eigenvalue weighted by Crippen LogP contribution is 2.24. The fourth-order valence-corrected chi connectivity index (χ4v) is 4.50. The van der Waals surface area contributed by atoms with E-state index in [1.807, 2.05) is 48.5 Å². The summed E-state index contributed by atoms with van der Waals surface area (Å²) in [6, 6.07) is 19.7. The lowest BCUT2D eigenvalue weighted by molar-refractivity contribution is -0.117. The average Bonchev–Trinajstić information content (AvgIpc) is 2.89. The summed E-state index contributed by atoms with van der Waals surface area (Å²) in [4.78, 5) is 27.9. The SMILES string of the molecule is O=C(CC1CCN(Cc2cccc(OCc3ccccn3)c2)CC1)Nc1ccc2nccnc2c1. The van der Waals surface area contributed by atoms with Gasteiger partial charge in [-0.25, -0.2) is 0 Å². The summed E-state index contributed by atoms with van der Waals surface area (Å²) >= 11 is 0. The number of hydrogen-bond acceptors (Lipinski definition) is 6. The summed E-state index contributed by atoms with van der Waals surface area (Å²) in [6.45, 7) is 3.33. The first kappa shape index (κ1) is 22.9. The Labute approximate surface area is 205 Å². The highest BCUT2D eigenvalue weighted by atomic mass is 16.5. The Morgan fingerprint density at radius 1 is 0.914 bits per heavy atom. The molecule has 1 aliphatic rings. The van der Waals surface area contributed by atoms with E-state index in [1.165, 1.54) is 5.56 Å². The largest absolute Gasteiger partial charge is 0.487 e. The first-order valence-electron chi connectivity index (χ1n) is 12.1. The summed E-state index contributed by atoms with van der Waals surface area (Å²) in [5.74, 6) is 1.32. The van der Waals surface area contributed by atoms with Crippen molar-refractivity contribution >= 4 is 22.6 Å². The minimum atomic E-state index is 0.0597. The third-order valence-corrected chi connectivity index (χ3v) is 6.35. The van der Waals surface area contributed by atoms with Crippen molar-refractivity contribution in [3.8, 4) is 5.75 Å². The summed E-state index contributed by atoms with van der Waals surface area (Å²) < 4.78 is 5.92. The van der Waals surface area contributed by atoms with Gasteiger partial charge in [-0.05, 0) is 79.9 Å². The molecule has 1 amide bonds. The number of piperidine rings is 1. The smallest absolute Gasteiger partial charge is 0.224 e. The van der Waals surface area contributed by atoms with Crippen molar-refractivity contribution in [1.82, 2.24) is 19.9 Å². The van der Waals surface area contributed by atoms with Gasteiger partial charge >= 0.3 is 0 Å². The number of nitrogens with one attached hydrogen (secondary N) is 1. The molecule has 4 aromatic rings. The van der Waals surface area contributed by atoms with Crippen LogP contribution in [0.15, 0.2) is 79.3 Å². The maximum Gasteiger partial charge on any atom is 0.224 e. The van der Waals surface area contributed by atoms with Crippen molar-refractivity contribution in [2.75, 3.05) is 18.4 Å². The molecule has 3 heterocycles. The second kappa shape index (κ2) is 11.1. The number of aromatic nitrogens is 3. The second-order valence-electron chi connectivity index (χ2n) is 8.99. The van der Waals surface area contributed by atoms with Crippen LogP contribution in [0.25, 0.3) is 11.0 Å². The zero-order valence-electron chi connectivity index (χ0n) is 19.6. The molecule has 7 nitrogen and oxygen atoms in total. The number of nitrogens with zero attached hydrogens (tertiary/aromatic N) is 4. The predicted molar refractivity (Wildman–Crippen MR) is 136 cm³/mol. The van der Waals surface area contributed by atoms with Gasteiger partial charge in [0.25, 0.3) is 0 Å². The van der Waals surface area contributed by atoms with Crippen molar-refractivity contribution in [3.63, 3.8) is 0 Å². The molecule has 0 unspecified atom stereocenters. The fraction of sp³-hybridized carbons (Fsp3) is 0.286. The molecule has 2 aromatic heterocycles. The lowest BCUT2D eigenvalue weighted by Gasteiger charge is -2.31. The summed E-state index contributed by atoms with van der Waals surface area (Å²) in [5.41, 5.74) is 4.52. The van der Waals surface area contributed by atoms with Crippen LogP contribution in [0.2, 0.25) is 0 Å². The van der Waals surface area contributed by atoms with E-state index in [9.17, 15) is 4.79 Å². The van der Waals surface area contributed by atoms with Gasteiger partial charge in [0.2, 0.25) is 5.91 Å². The molecule has 0 saturated carbocycles. The van der Waals surface area contributed by atoms with Crippen molar-refractivity contribution in [1.29, 1.82) is 0 Å². The Morgan fingerprint density at radius 2 is 1.77 bits per heavy atom. The monoisotopic (exact) mass is 467 g/mol. The molecule has 35 heavy (non-hydrogen) atoms. The third kappa shape index (κ3) is 6.39. The summed E-state index contributed by atoms with van der Waals surface area (Å²) in [7, 11) is 0. The zero-order valence-corrected chi connectivity index (χ0v) is 19.6. The van der Waals surface area contributed by atoms with Crippen LogP contribution in [0.4, 0.5) is 5.69 Å². The minimum Gasteiger partial charge on any atom is -0.487 e. The first-order valence-corrected chi connectivity index (χ1v) is 12.1. The summed E-state index contributed by atoms with van der Waals surface area (Å²) in [6.07, 6.45) is 7.69. The van der Waals surface area contributed by atoms with Gasteiger partial charge in [-0.2, -0.15) is 0 Å². The molecule has 0 aliphatic carbocycles. The van der Waals surface area contributed by atoms with E-state index in [1.54, 1.807) is 18.6 Å². The number of pyridine rings is 1. The molecule has 5 rings (SSSR count). The lowest BCUT2D eigenvalue weighted by atomic mass is 9.93. The predicted octanol–water partition coefficient (Wildman–Crippen LogP) is 4.84. The first-order chi connectivity index (χ1) is 17.2. The molecule has 7 heteroatoms.